The van der Waals surface area contributed by atoms with Gasteiger partial charge in [0.05, 0.1) is 18.6 Å². The van der Waals surface area contributed by atoms with Crippen molar-refractivity contribution in [3.05, 3.63) is 47.3 Å². The van der Waals surface area contributed by atoms with Crippen LogP contribution in [0.15, 0.2) is 35.2 Å². The number of hydrogen-bond donors (Lipinski definition) is 0. The summed E-state index contributed by atoms with van der Waals surface area (Å²) in [4.78, 5) is 15.2. The van der Waals surface area contributed by atoms with Gasteiger partial charge in [-0.15, -0.1) is 0 Å². The molecule has 30 heavy (non-hydrogen) atoms. The minimum atomic E-state index is -3.55. The molecule has 8 heteroatoms. The number of aromatic nitrogens is 1. The molecule has 1 fully saturated rings. The van der Waals surface area contributed by atoms with E-state index in [0.717, 1.165) is 17.0 Å². The summed E-state index contributed by atoms with van der Waals surface area (Å²) in [7, 11) is -2.00. The van der Waals surface area contributed by atoms with Crippen LogP contribution in [0.5, 0.6) is 5.75 Å². The second-order valence-corrected chi connectivity index (χ2v) is 9.97. The number of hydrogen-bond acceptors (Lipinski definition) is 5. The van der Waals surface area contributed by atoms with Crippen LogP contribution < -0.4 is 4.74 Å². The molecule has 7 nitrogen and oxygen atoms in total. The van der Waals surface area contributed by atoms with Gasteiger partial charge >= 0.3 is 0 Å². The molecule has 2 aromatic rings. The molecular weight excluding hydrogens is 402 g/mol. The van der Waals surface area contributed by atoms with Crippen molar-refractivity contribution < 1.29 is 17.9 Å². The van der Waals surface area contributed by atoms with E-state index >= 15 is 0 Å². The summed E-state index contributed by atoms with van der Waals surface area (Å²) < 4.78 is 34.5. The minimum absolute atomic E-state index is 0.0847. The van der Waals surface area contributed by atoms with E-state index < -0.39 is 10.0 Å². The molecule has 1 saturated heterocycles. The smallest absolute Gasteiger partial charge is 0.243 e. The zero-order chi connectivity index (χ0) is 22.1. The SMILES string of the molecule is COc1ccc(S(=O)(=O)N2CCN(CC(=O)c3cc(C)n(C(C)C)c3C)CC2)cc1. The van der Waals surface area contributed by atoms with Gasteiger partial charge in [0.15, 0.2) is 5.78 Å². The zero-order valence-corrected chi connectivity index (χ0v) is 19.2. The molecule has 0 spiro atoms. The van der Waals surface area contributed by atoms with Gasteiger partial charge in [0.2, 0.25) is 10.0 Å². The van der Waals surface area contributed by atoms with Gasteiger partial charge in [-0.2, -0.15) is 4.31 Å². The van der Waals surface area contributed by atoms with Crippen LogP contribution >= 0.6 is 0 Å². The molecule has 1 aromatic carbocycles. The van der Waals surface area contributed by atoms with Crippen molar-refractivity contribution in [3.63, 3.8) is 0 Å². The Labute approximate surface area is 179 Å². The molecule has 1 aliphatic rings. The predicted molar refractivity (Wildman–Crippen MR) is 117 cm³/mol. The highest BCUT2D eigenvalue weighted by molar-refractivity contribution is 7.89. The van der Waals surface area contributed by atoms with Crippen LogP contribution in [-0.4, -0.2) is 67.8 Å². The lowest BCUT2D eigenvalue weighted by Crippen LogP contribution is -2.49. The number of piperazine rings is 1. The molecule has 0 atom stereocenters. The molecule has 0 N–H and O–H groups in total. The molecule has 2 heterocycles. The first kappa shape index (κ1) is 22.5. The highest BCUT2D eigenvalue weighted by atomic mass is 32.2. The lowest BCUT2D eigenvalue weighted by Gasteiger charge is -2.33. The van der Waals surface area contributed by atoms with E-state index in [0.29, 0.717) is 44.5 Å². The topological polar surface area (TPSA) is 71.9 Å². The number of ketones is 1. The van der Waals surface area contributed by atoms with Crippen LogP contribution in [0.25, 0.3) is 0 Å². The van der Waals surface area contributed by atoms with Crippen LogP contribution in [0, 0.1) is 13.8 Å². The Hall–Kier alpha value is -2.16. The molecule has 0 unspecified atom stereocenters. The molecular formula is C22H31N3O4S. The quantitative estimate of drug-likeness (QED) is 0.628. The van der Waals surface area contributed by atoms with Crippen LogP contribution in [0.2, 0.25) is 0 Å². The van der Waals surface area contributed by atoms with E-state index in [1.165, 1.54) is 4.31 Å². The Morgan fingerprint density at radius 1 is 1.07 bits per heavy atom. The van der Waals surface area contributed by atoms with E-state index in [1.54, 1.807) is 31.4 Å². The maximum atomic E-state index is 12.9. The first-order chi connectivity index (χ1) is 14.1. The molecule has 0 radical (unpaired) electrons. The Morgan fingerprint density at radius 2 is 1.67 bits per heavy atom. The lowest BCUT2D eigenvalue weighted by atomic mass is 10.1. The number of aryl methyl sites for hydroxylation is 1. The van der Waals surface area contributed by atoms with Gasteiger partial charge in [-0.1, -0.05) is 0 Å². The number of benzene rings is 1. The third kappa shape index (κ3) is 4.45. The molecule has 3 rings (SSSR count). The van der Waals surface area contributed by atoms with E-state index in [1.807, 2.05) is 24.8 Å². The van der Waals surface area contributed by atoms with Gasteiger partial charge in [-0.25, -0.2) is 8.42 Å². The van der Waals surface area contributed by atoms with Gasteiger partial charge in [0.1, 0.15) is 5.75 Å². The van der Waals surface area contributed by atoms with Gasteiger partial charge in [-0.3, -0.25) is 9.69 Å². The second kappa shape index (κ2) is 8.91. The van der Waals surface area contributed by atoms with Crippen molar-refractivity contribution in [2.45, 2.75) is 38.6 Å². The van der Waals surface area contributed by atoms with Gasteiger partial charge in [0.25, 0.3) is 0 Å². The van der Waals surface area contributed by atoms with Crippen molar-refractivity contribution >= 4 is 15.8 Å². The number of ether oxygens (including phenoxy) is 1. The first-order valence-corrected chi connectivity index (χ1v) is 11.7. The number of carbonyl (C=O) groups excluding carboxylic acids is 1. The summed E-state index contributed by atoms with van der Waals surface area (Å²) in [5, 5.41) is 0. The fraction of sp³-hybridized carbons (Fsp3) is 0.500. The number of rotatable bonds is 7. The van der Waals surface area contributed by atoms with E-state index in [4.69, 9.17) is 4.74 Å². The third-order valence-corrected chi connectivity index (χ3v) is 7.61. The minimum Gasteiger partial charge on any atom is -0.497 e. The third-order valence-electron chi connectivity index (χ3n) is 5.70. The average Bonchev–Trinajstić information content (AvgIpc) is 3.02. The van der Waals surface area contributed by atoms with E-state index in [9.17, 15) is 13.2 Å². The number of methoxy groups -OCH3 is 1. The summed E-state index contributed by atoms with van der Waals surface area (Å²) in [6.07, 6.45) is 0. The maximum Gasteiger partial charge on any atom is 0.243 e. The van der Waals surface area contributed by atoms with Gasteiger partial charge < -0.3 is 9.30 Å². The Balaban J connectivity index is 1.63. The zero-order valence-electron chi connectivity index (χ0n) is 18.4. The van der Waals surface area contributed by atoms with Crippen molar-refractivity contribution in [2.75, 3.05) is 39.8 Å². The van der Waals surface area contributed by atoms with Crippen molar-refractivity contribution in [3.8, 4) is 5.75 Å². The largest absolute Gasteiger partial charge is 0.497 e. The predicted octanol–water partition coefficient (Wildman–Crippen LogP) is 2.88. The Morgan fingerprint density at radius 3 is 2.17 bits per heavy atom. The van der Waals surface area contributed by atoms with Crippen molar-refractivity contribution in [1.82, 2.24) is 13.8 Å². The van der Waals surface area contributed by atoms with Crippen LogP contribution in [0.4, 0.5) is 0 Å². The van der Waals surface area contributed by atoms with Crippen molar-refractivity contribution in [2.24, 2.45) is 0 Å². The number of sulfonamides is 1. The summed E-state index contributed by atoms with van der Waals surface area (Å²) in [6, 6.07) is 8.69. The highest BCUT2D eigenvalue weighted by Gasteiger charge is 2.29. The monoisotopic (exact) mass is 433 g/mol. The fourth-order valence-electron chi connectivity index (χ4n) is 4.17. The molecule has 0 aliphatic carbocycles. The number of Topliss-reactive ketones (excluding diaryl/α,β-unsaturated/α-hetero) is 1. The van der Waals surface area contributed by atoms with Crippen LogP contribution in [0.3, 0.4) is 0 Å². The standard InChI is InChI=1S/C22H31N3O4S/c1-16(2)25-17(3)14-21(18(25)4)22(26)15-23-10-12-24(13-11-23)30(27,28)20-8-6-19(29-5)7-9-20/h6-9,14,16H,10-13,15H2,1-5H3. The van der Waals surface area contributed by atoms with E-state index in [-0.39, 0.29) is 10.7 Å². The summed E-state index contributed by atoms with van der Waals surface area (Å²) in [6.45, 7) is 10.3. The average molecular weight is 434 g/mol. The second-order valence-electron chi connectivity index (χ2n) is 8.03. The number of carbonyl (C=O) groups is 1. The highest BCUT2D eigenvalue weighted by Crippen LogP contribution is 2.23. The molecule has 0 amide bonds. The molecule has 0 bridgehead atoms. The normalized spacial score (nSPS) is 16.2. The molecule has 164 valence electrons. The van der Waals surface area contributed by atoms with Crippen molar-refractivity contribution in [1.29, 1.82) is 0 Å². The number of nitrogens with zero attached hydrogens (tertiary/aromatic N) is 3. The van der Waals surface area contributed by atoms with Gasteiger partial charge in [-0.05, 0) is 58.0 Å². The lowest BCUT2D eigenvalue weighted by molar-refractivity contribution is 0.0901. The van der Waals surface area contributed by atoms with Crippen LogP contribution in [-0.2, 0) is 10.0 Å². The summed E-state index contributed by atoms with van der Waals surface area (Å²) in [5.41, 5.74) is 2.84. The molecule has 0 saturated carbocycles. The van der Waals surface area contributed by atoms with Gasteiger partial charge in [0, 0.05) is 49.2 Å². The fourth-order valence-corrected chi connectivity index (χ4v) is 5.59. The van der Waals surface area contributed by atoms with Crippen LogP contribution in [0.1, 0.15) is 41.6 Å². The first-order valence-electron chi connectivity index (χ1n) is 10.2. The molecule has 1 aromatic heterocycles. The summed E-state index contributed by atoms with van der Waals surface area (Å²) in [5.74, 6) is 0.704. The summed E-state index contributed by atoms with van der Waals surface area (Å²) >= 11 is 0. The Kier molecular flexibility index (Phi) is 6.69. The maximum absolute atomic E-state index is 12.9. The van der Waals surface area contributed by atoms with E-state index in [2.05, 4.69) is 18.4 Å². The molecule has 1 aliphatic heterocycles. The Bertz CT molecular complexity index is 1000.